The molecule has 1 N–H and O–H groups in total. The number of carbonyl (C=O) groups excluding carboxylic acids is 1. The molecule has 0 fully saturated rings. The SMILES string of the molecule is C=CCOc1c(CC=C)cc(/C=C(\C#N)C(=O)Nc2cccc(C)c2C)cc1OCC. The summed E-state index contributed by atoms with van der Waals surface area (Å²) in [5.74, 6) is 0.686. The van der Waals surface area contributed by atoms with Crippen LogP contribution in [0.1, 0.15) is 29.2 Å². The number of benzene rings is 2. The predicted octanol–water partition coefficient (Wildman–Crippen LogP) is 5.54. The Kier molecular flexibility index (Phi) is 8.65. The van der Waals surface area contributed by atoms with E-state index in [0.29, 0.717) is 42.4 Å². The van der Waals surface area contributed by atoms with Crippen molar-refractivity contribution in [3.8, 4) is 17.6 Å². The van der Waals surface area contributed by atoms with Gasteiger partial charge < -0.3 is 14.8 Å². The first kappa shape index (κ1) is 23.5. The summed E-state index contributed by atoms with van der Waals surface area (Å²) in [7, 11) is 0. The zero-order chi connectivity index (χ0) is 22.8. The molecule has 0 aliphatic carbocycles. The lowest BCUT2D eigenvalue weighted by Gasteiger charge is -2.16. The van der Waals surface area contributed by atoms with Crippen LogP contribution in [0, 0.1) is 25.2 Å². The summed E-state index contributed by atoms with van der Waals surface area (Å²) in [6.07, 6.45) is 5.52. The van der Waals surface area contributed by atoms with Crippen molar-refractivity contribution >= 4 is 17.7 Å². The minimum absolute atomic E-state index is 0.00679. The van der Waals surface area contributed by atoms with E-state index in [2.05, 4.69) is 18.5 Å². The van der Waals surface area contributed by atoms with Crippen LogP contribution in [0.4, 0.5) is 5.69 Å². The Morgan fingerprint density at radius 2 is 1.97 bits per heavy atom. The molecule has 0 bridgehead atoms. The van der Waals surface area contributed by atoms with E-state index in [4.69, 9.17) is 9.47 Å². The zero-order valence-electron chi connectivity index (χ0n) is 18.3. The fourth-order valence-corrected chi connectivity index (χ4v) is 3.03. The molecule has 0 radical (unpaired) electrons. The van der Waals surface area contributed by atoms with Crippen molar-refractivity contribution in [2.75, 3.05) is 18.5 Å². The molecule has 2 aromatic carbocycles. The van der Waals surface area contributed by atoms with Gasteiger partial charge >= 0.3 is 0 Å². The summed E-state index contributed by atoms with van der Waals surface area (Å²) in [4.78, 5) is 12.8. The Labute approximate surface area is 184 Å². The van der Waals surface area contributed by atoms with Crippen LogP contribution < -0.4 is 14.8 Å². The Morgan fingerprint density at radius 1 is 1.19 bits per heavy atom. The van der Waals surface area contributed by atoms with E-state index in [0.717, 1.165) is 16.7 Å². The van der Waals surface area contributed by atoms with Gasteiger partial charge in [-0.05, 0) is 68.2 Å². The Hall–Kier alpha value is -3.78. The highest BCUT2D eigenvalue weighted by Crippen LogP contribution is 2.35. The fraction of sp³-hybridized carbons (Fsp3) is 0.231. The third-order valence-corrected chi connectivity index (χ3v) is 4.69. The van der Waals surface area contributed by atoms with Crippen molar-refractivity contribution < 1.29 is 14.3 Å². The fourth-order valence-electron chi connectivity index (χ4n) is 3.03. The maximum atomic E-state index is 12.8. The molecule has 1 amide bonds. The zero-order valence-corrected chi connectivity index (χ0v) is 18.3. The topological polar surface area (TPSA) is 71.3 Å². The largest absolute Gasteiger partial charge is 0.490 e. The Balaban J connectivity index is 2.45. The molecule has 0 spiro atoms. The molecule has 2 aromatic rings. The summed E-state index contributed by atoms with van der Waals surface area (Å²) in [6, 6.07) is 11.3. The number of anilines is 1. The van der Waals surface area contributed by atoms with Crippen molar-refractivity contribution in [1.29, 1.82) is 5.26 Å². The maximum Gasteiger partial charge on any atom is 0.266 e. The van der Waals surface area contributed by atoms with Crippen molar-refractivity contribution in [1.82, 2.24) is 0 Å². The number of nitrogens with zero attached hydrogens (tertiary/aromatic N) is 1. The predicted molar refractivity (Wildman–Crippen MR) is 125 cm³/mol. The summed E-state index contributed by atoms with van der Waals surface area (Å²) < 4.78 is 11.6. The van der Waals surface area contributed by atoms with Gasteiger partial charge in [0.15, 0.2) is 11.5 Å². The normalized spacial score (nSPS) is 10.7. The molecule has 5 heteroatoms. The highest BCUT2D eigenvalue weighted by atomic mass is 16.5. The first-order chi connectivity index (χ1) is 14.9. The number of aryl methyl sites for hydroxylation is 1. The van der Waals surface area contributed by atoms with Crippen molar-refractivity contribution in [3.63, 3.8) is 0 Å². The Bertz CT molecular complexity index is 1050. The summed E-state index contributed by atoms with van der Waals surface area (Å²) in [6.45, 7) is 14.0. The van der Waals surface area contributed by atoms with E-state index in [1.54, 1.807) is 24.3 Å². The third-order valence-electron chi connectivity index (χ3n) is 4.69. The van der Waals surface area contributed by atoms with E-state index in [-0.39, 0.29) is 5.57 Å². The molecule has 5 nitrogen and oxygen atoms in total. The molecule has 31 heavy (non-hydrogen) atoms. The van der Waals surface area contributed by atoms with Crippen molar-refractivity contribution in [2.24, 2.45) is 0 Å². The van der Waals surface area contributed by atoms with Gasteiger partial charge in [-0.1, -0.05) is 30.9 Å². The minimum Gasteiger partial charge on any atom is -0.490 e. The third kappa shape index (κ3) is 6.10. The number of hydrogen-bond donors (Lipinski definition) is 1. The standard InChI is InChI=1S/C26H28N2O3/c1-6-10-21-14-20(16-24(30-8-3)25(21)31-13-7-2)15-22(17-27)26(29)28-23-12-9-11-18(4)19(23)5/h6-7,9,11-12,14-16H,1-2,8,10,13H2,3-5H3,(H,28,29)/b22-15+. The number of carbonyl (C=O) groups is 1. The van der Waals surface area contributed by atoms with Crippen LogP contribution in [0.3, 0.4) is 0 Å². The van der Waals surface area contributed by atoms with Crippen LogP contribution in [0.25, 0.3) is 6.08 Å². The second kappa shape index (κ2) is 11.4. The molecule has 0 atom stereocenters. The van der Waals surface area contributed by atoms with Crippen LogP contribution in [0.2, 0.25) is 0 Å². The summed E-state index contributed by atoms with van der Waals surface area (Å²) >= 11 is 0. The van der Waals surface area contributed by atoms with Gasteiger partial charge in [-0.15, -0.1) is 6.58 Å². The molecule has 0 aliphatic rings. The van der Waals surface area contributed by atoms with Crippen LogP contribution in [-0.2, 0) is 11.2 Å². The molecule has 0 heterocycles. The van der Waals surface area contributed by atoms with Crippen LogP contribution in [0.5, 0.6) is 11.5 Å². The molecule has 0 aliphatic heterocycles. The number of allylic oxidation sites excluding steroid dienone is 1. The molecular weight excluding hydrogens is 388 g/mol. The van der Waals surface area contributed by atoms with E-state index < -0.39 is 5.91 Å². The number of nitrogens with one attached hydrogen (secondary N) is 1. The minimum atomic E-state index is -0.466. The molecule has 2 rings (SSSR count). The molecular formula is C26H28N2O3. The number of amides is 1. The van der Waals surface area contributed by atoms with Gasteiger partial charge in [-0.3, -0.25) is 4.79 Å². The average molecular weight is 417 g/mol. The number of rotatable bonds is 10. The molecule has 0 saturated heterocycles. The first-order valence-electron chi connectivity index (χ1n) is 10.1. The number of hydrogen-bond acceptors (Lipinski definition) is 4. The highest BCUT2D eigenvalue weighted by molar-refractivity contribution is 6.10. The lowest BCUT2D eigenvalue weighted by Crippen LogP contribution is -2.14. The van der Waals surface area contributed by atoms with Crippen molar-refractivity contribution in [2.45, 2.75) is 27.2 Å². The first-order valence-corrected chi connectivity index (χ1v) is 10.1. The second-order valence-corrected chi connectivity index (χ2v) is 6.90. The lowest BCUT2D eigenvalue weighted by molar-refractivity contribution is -0.112. The van der Waals surface area contributed by atoms with E-state index in [1.807, 2.05) is 51.1 Å². The smallest absolute Gasteiger partial charge is 0.266 e. The van der Waals surface area contributed by atoms with Gasteiger partial charge in [-0.2, -0.15) is 5.26 Å². The molecule has 0 unspecified atom stereocenters. The van der Waals surface area contributed by atoms with Gasteiger partial charge in [0.2, 0.25) is 0 Å². The van der Waals surface area contributed by atoms with Gasteiger partial charge in [0, 0.05) is 11.3 Å². The number of nitriles is 1. The second-order valence-electron chi connectivity index (χ2n) is 6.90. The van der Waals surface area contributed by atoms with Crippen molar-refractivity contribution in [3.05, 3.63) is 83.5 Å². The Morgan fingerprint density at radius 3 is 2.61 bits per heavy atom. The van der Waals surface area contributed by atoms with Crippen LogP contribution in [0.15, 0.2) is 61.2 Å². The molecule has 0 aromatic heterocycles. The molecule has 0 saturated carbocycles. The summed E-state index contributed by atoms with van der Waals surface area (Å²) in [5.41, 5.74) is 4.21. The quantitative estimate of drug-likeness (QED) is 0.313. The van der Waals surface area contributed by atoms with Crippen LogP contribution >= 0.6 is 0 Å². The van der Waals surface area contributed by atoms with Gasteiger partial charge in [0.05, 0.1) is 6.61 Å². The monoisotopic (exact) mass is 416 g/mol. The number of ether oxygens (including phenoxy) is 2. The van der Waals surface area contributed by atoms with E-state index in [1.165, 1.54) is 0 Å². The van der Waals surface area contributed by atoms with E-state index in [9.17, 15) is 10.1 Å². The maximum absolute atomic E-state index is 12.8. The van der Waals surface area contributed by atoms with Gasteiger partial charge in [-0.25, -0.2) is 0 Å². The van der Waals surface area contributed by atoms with Gasteiger partial charge in [0.25, 0.3) is 5.91 Å². The van der Waals surface area contributed by atoms with E-state index >= 15 is 0 Å². The molecule has 160 valence electrons. The highest BCUT2D eigenvalue weighted by Gasteiger charge is 2.15. The van der Waals surface area contributed by atoms with Crippen LogP contribution in [-0.4, -0.2) is 19.1 Å². The summed E-state index contributed by atoms with van der Waals surface area (Å²) in [5, 5.41) is 12.4. The average Bonchev–Trinajstić information content (AvgIpc) is 2.75. The lowest BCUT2D eigenvalue weighted by atomic mass is 10.0. The van der Waals surface area contributed by atoms with Gasteiger partial charge in [0.1, 0.15) is 18.2 Å².